The number of benzene rings is 2. The third kappa shape index (κ3) is 4.97. The molecule has 0 aliphatic heterocycles. The zero-order valence-corrected chi connectivity index (χ0v) is 17.7. The second kappa shape index (κ2) is 9.53. The fraction of sp³-hybridized carbons (Fsp3) is 0.304. The van der Waals surface area contributed by atoms with Crippen LogP contribution in [0.1, 0.15) is 18.2 Å². The lowest BCUT2D eigenvalue weighted by Crippen LogP contribution is -2.25. The summed E-state index contributed by atoms with van der Waals surface area (Å²) in [5.74, 6) is -2.84. The van der Waals surface area contributed by atoms with Crippen LogP contribution in [0.2, 0.25) is 0 Å². The molecule has 1 aromatic heterocycles. The molecule has 31 heavy (non-hydrogen) atoms. The first-order chi connectivity index (χ1) is 14.8. The standard InChI is InChI=1S/C23H26N2O6/c1-4-30-20-10-9-16(11-21(20)31-23(29)22(27)28)24-12-17(26)13-25-15(3)14(2)18-7-5-6-8-19(18)25/h5-11,17,24,26H,4,12-13H2,1-3H3,(H,27,28). The number of fused-ring (bicyclic) bond motifs is 1. The number of aliphatic hydroxyl groups excluding tert-OH is 1. The van der Waals surface area contributed by atoms with Gasteiger partial charge in [0.1, 0.15) is 0 Å². The van der Waals surface area contributed by atoms with Gasteiger partial charge < -0.3 is 29.6 Å². The molecule has 1 unspecified atom stereocenters. The van der Waals surface area contributed by atoms with Crippen molar-refractivity contribution < 1.29 is 29.3 Å². The van der Waals surface area contributed by atoms with E-state index in [0.717, 1.165) is 16.6 Å². The third-order valence-corrected chi connectivity index (χ3v) is 5.10. The lowest BCUT2D eigenvalue weighted by atomic mass is 10.2. The number of carbonyl (C=O) groups is 2. The lowest BCUT2D eigenvalue weighted by molar-refractivity contribution is -0.158. The van der Waals surface area contributed by atoms with Gasteiger partial charge in [-0.1, -0.05) is 18.2 Å². The summed E-state index contributed by atoms with van der Waals surface area (Å²) in [5, 5.41) is 23.7. The summed E-state index contributed by atoms with van der Waals surface area (Å²) in [5.41, 5.74) is 3.91. The summed E-state index contributed by atoms with van der Waals surface area (Å²) in [6, 6.07) is 12.8. The van der Waals surface area contributed by atoms with E-state index in [1.165, 1.54) is 11.6 Å². The molecule has 0 bridgehead atoms. The maximum absolute atomic E-state index is 11.4. The van der Waals surface area contributed by atoms with Crippen molar-refractivity contribution in [1.29, 1.82) is 0 Å². The Labute approximate surface area is 180 Å². The van der Waals surface area contributed by atoms with Gasteiger partial charge >= 0.3 is 11.9 Å². The Morgan fingerprint density at radius 3 is 2.58 bits per heavy atom. The number of aryl methyl sites for hydroxylation is 1. The van der Waals surface area contributed by atoms with E-state index >= 15 is 0 Å². The fourth-order valence-electron chi connectivity index (χ4n) is 3.47. The van der Waals surface area contributed by atoms with Crippen LogP contribution in [0.4, 0.5) is 5.69 Å². The number of carbonyl (C=O) groups excluding carboxylic acids is 1. The zero-order valence-electron chi connectivity index (χ0n) is 17.7. The van der Waals surface area contributed by atoms with Crippen molar-refractivity contribution in [2.45, 2.75) is 33.4 Å². The first-order valence-corrected chi connectivity index (χ1v) is 10.00. The Morgan fingerprint density at radius 1 is 1.13 bits per heavy atom. The average Bonchev–Trinajstić information content (AvgIpc) is 2.99. The van der Waals surface area contributed by atoms with E-state index in [2.05, 4.69) is 22.9 Å². The van der Waals surface area contributed by atoms with E-state index in [1.54, 1.807) is 19.1 Å². The zero-order chi connectivity index (χ0) is 22.5. The molecule has 164 valence electrons. The summed E-state index contributed by atoms with van der Waals surface area (Å²) in [6.45, 7) is 6.84. The van der Waals surface area contributed by atoms with Crippen molar-refractivity contribution in [3.63, 3.8) is 0 Å². The van der Waals surface area contributed by atoms with Crippen molar-refractivity contribution in [2.75, 3.05) is 18.5 Å². The maximum Gasteiger partial charge on any atom is 0.422 e. The molecule has 0 fully saturated rings. The van der Waals surface area contributed by atoms with Crippen LogP contribution in [-0.2, 0) is 16.1 Å². The third-order valence-electron chi connectivity index (χ3n) is 5.10. The predicted molar refractivity (Wildman–Crippen MR) is 117 cm³/mol. The van der Waals surface area contributed by atoms with Gasteiger partial charge in [-0.2, -0.15) is 0 Å². The Bertz CT molecular complexity index is 1100. The number of para-hydroxylation sites is 1. The van der Waals surface area contributed by atoms with Crippen LogP contribution in [-0.4, -0.2) is 46.0 Å². The molecule has 3 rings (SSSR count). The quantitative estimate of drug-likeness (QED) is 0.288. The van der Waals surface area contributed by atoms with E-state index in [1.807, 2.05) is 25.1 Å². The normalized spacial score (nSPS) is 11.9. The molecule has 3 N–H and O–H groups in total. The number of aliphatic hydroxyl groups is 1. The molecular weight excluding hydrogens is 400 g/mol. The molecule has 0 amide bonds. The van der Waals surface area contributed by atoms with Crippen molar-refractivity contribution >= 4 is 28.5 Å². The summed E-state index contributed by atoms with van der Waals surface area (Å²) in [7, 11) is 0. The number of carboxylic acid groups (broad SMARTS) is 1. The van der Waals surface area contributed by atoms with E-state index < -0.39 is 18.0 Å². The molecule has 8 heteroatoms. The molecular formula is C23H26N2O6. The number of nitrogens with one attached hydrogen (secondary N) is 1. The monoisotopic (exact) mass is 426 g/mol. The van der Waals surface area contributed by atoms with Crippen LogP contribution in [0.15, 0.2) is 42.5 Å². The van der Waals surface area contributed by atoms with Crippen LogP contribution in [0.5, 0.6) is 11.5 Å². The SMILES string of the molecule is CCOc1ccc(NCC(O)Cn2c(C)c(C)c3ccccc32)cc1OC(=O)C(=O)O. The van der Waals surface area contributed by atoms with Gasteiger partial charge in [0.15, 0.2) is 11.5 Å². The molecule has 1 heterocycles. The average molecular weight is 426 g/mol. The molecule has 0 saturated carbocycles. The van der Waals surface area contributed by atoms with Gasteiger partial charge in [0.25, 0.3) is 0 Å². The Hall–Kier alpha value is -3.52. The summed E-state index contributed by atoms with van der Waals surface area (Å²) in [4.78, 5) is 22.3. The van der Waals surface area contributed by atoms with Crippen molar-refractivity contribution in [3.8, 4) is 11.5 Å². The van der Waals surface area contributed by atoms with Crippen LogP contribution < -0.4 is 14.8 Å². The number of ether oxygens (including phenoxy) is 2. The van der Waals surface area contributed by atoms with Gasteiger partial charge in [0.2, 0.25) is 0 Å². The molecule has 0 saturated heterocycles. The Balaban J connectivity index is 1.71. The highest BCUT2D eigenvalue weighted by Crippen LogP contribution is 2.31. The number of hydrogen-bond donors (Lipinski definition) is 3. The maximum atomic E-state index is 11.4. The van der Waals surface area contributed by atoms with Crippen LogP contribution in [0.3, 0.4) is 0 Å². The van der Waals surface area contributed by atoms with Crippen LogP contribution in [0.25, 0.3) is 10.9 Å². The fourth-order valence-corrected chi connectivity index (χ4v) is 3.47. The molecule has 1 atom stereocenters. The molecule has 3 aromatic rings. The summed E-state index contributed by atoms with van der Waals surface area (Å²) >= 11 is 0. The molecule has 2 aromatic carbocycles. The minimum Gasteiger partial charge on any atom is -0.490 e. The van der Waals surface area contributed by atoms with Gasteiger partial charge in [-0.25, -0.2) is 9.59 Å². The molecule has 0 radical (unpaired) electrons. The number of nitrogens with zero attached hydrogens (tertiary/aromatic N) is 1. The van der Waals surface area contributed by atoms with Crippen molar-refractivity contribution in [1.82, 2.24) is 4.57 Å². The minimum absolute atomic E-state index is 0.00314. The highest BCUT2D eigenvalue weighted by molar-refractivity contribution is 6.29. The number of aromatic nitrogens is 1. The summed E-state index contributed by atoms with van der Waals surface area (Å²) < 4.78 is 12.4. The number of aliphatic carboxylic acids is 1. The van der Waals surface area contributed by atoms with Crippen molar-refractivity contribution in [3.05, 3.63) is 53.7 Å². The van der Waals surface area contributed by atoms with Gasteiger partial charge in [-0.15, -0.1) is 0 Å². The highest BCUT2D eigenvalue weighted by atomic mass is 16.6. The van der Waals surface area contributed by atoms with Gasteiger partial charge in [-0.05, 0) is 44.5 Å². The number of anilines is 1. The lowest BCUT2D eigenvalue weighted by Gasteiger charge is -2.17. The minimum atomic E-state index is -1.69. The van der Waals surface area contributed by atoms with Crippen LogP contribution >= 0.6 is 0 Å². The van der Waals surface area contributed by atoms with Gasteiger partial charge in [0, 0.05) is 34.9 Å². The molecule has 0 aliphatic rings. The van der Waals surface area contributed by atoms with E-state index in [0.29, 0.717) is 18.8 Å². The predicted octanol–water partition coefficient (Wildman–Crippen LogP) is 3.12. The van der Waals surface area contributed by atoms with E-state index in [9.17, 15) is 14.7 Å². The number of hydrogen-bond acceptors (Lipinski definition) is 6. The van der Waals surface area contributed by atoms with Gasteiger partial charge in [-0.3, -0.25) is 0 Å². The second-order valence-corrected chi connectivity index (χ2v) is 7.16. The van der Waals surface area contributed by atoms with Crippen molar-refractivity contribution in [2.24, 2.45) is 0 Å². The Morgan fingerprint density at radius 2 is 1.87 bits per heavy atom. The highest BCUT2D eigenvalue weighted by Gasteiger charge is 2.18. The number of carboxylic acids is 1. The van der Waals surface area contributed by atoms with Crippen LogP contribution in [0, 0.1) is 13.8 Å². The molecule has 0 aliphatic carbocycles. The smallest absolute Gasteiger partial charge is 0.422 e. The summed E-state index contributed by atoms with van der Waals surface area (Å²) in [6.07, 6.45) is -0.689. The molecule has 0 spiro atoms. The second-order valence-electron chi connectivity index (χ2n) is 7.16. The molecule has 8 nitrogen and oxygen atoms in total. The number of esters is 1. The number of rotatable bonds is 8. The van der Waals surface area contributed by atoms with Gasteiger partial charge in [0.05, 0.1) is 19.3 Å². The first kappa shape index (κ1) is 22.2. The van der Waals surface area contributed by atoms with E-state index in [-0.39, 0.29) is 18.0 Å². The van der Waals surface area contributed by atoms with E-state index in [4.69, 9.17) is 14.6 Å². The first-order valence-electron chi connectivity index (χ1n) is 10.00. The Kier molecular flexibility index (Phi) is 6.81. The largest absolute Gasteiger partial charge is 0.490 e. The topological polar surface area (TPSA) is 110 Å².